The second-order valence-corrected chi connectivity index (χ2v) is 16.1. The highest BCUT2D eigenvalue weighted by atomic mass is 16.3. The topological polar surface area (TPSA) is 69.6 Å². The van der Waals surface area contributed by atoms with Gasteiger partial charge in [-0.3, -0.25) is 4.79 Å². The summed E-state index contributed by atoms with van der Waals surface area (Å²) in [6, 6.07) is -0.664. The first kappa shape index (κ1) is 57.5. The minimum Gasteiger partial charge on any atom is -0.394 e. The van der Waals surface area contributed by atoms with Crippen LogP contribution in [0.5, 0.6) is 0 Å². The number of hydrogen-bond donors (Lipinski definition) is 3. The summed E-state index contributed by atoms with van der Waals surface area (Å²) in [4.78, 5) is 12.4. The number of aliphatic hydroxyl groups is 2. The number of carbonyl (C=O) groups is 1. The molecule has 0 bridgehead atoms. The molecule has 0 aliphatic heterocycles. The first-order valence-corrected chi connectivity index (χ1v) is 24.9. The SMILES string of the molecule is CC/C=C\C/C=C\C/C=C\C/C=C\C/C=C\C/C=C\C/C=C\C/C=C\CCCCCCCCC(=O)NC(CO)C(O)/C=C/CC/C=C/CC/C=C/CCCCCCCCCC. The normalized spacial score (nSPS) is 14.1. The Morgan fingerprint density at radius 2 is 0.738 bits per heavy atom. The van der Waals surface area contributed by atoms with Gasteiger partial charge in [-0.2, -0.15) is 0 Å². The lowest BCUT2D eigenvalue weighted by Crippen LogP contribution is -2.45. The van der Waals surface area contributed by atoms with E-state index in [0.717, 1.165) is 103 Å². The van der Waals surface area contributed by atoms with Crippen LogP contribution in [-0.2, 0) is 4.79 Å². The van der Waals surface area contributed by atoms with Crippen LogP contribution in [0, 0.1) is 0 Å². The fourth-order valence-corrected chi connectivity index (χ4v) is 6.58. The van der Waals surface area contributed by atoms with E-state index >= 15 is 0 Å². The van der Waals surface area contributed by atoms with Gasteiger partial charge in [-0.25, -0.2) is 0 Å². The molecule has 61 heavy (non-hydrogen) atoms. The maximum Gasteiger partial charge on any atom is 0.220 e. The van der Waals surface area contributed by atoms with Crippen molar-refractivity contribution in [2.24, 2.45) is 0 Å². The molecule has 0 rings (SSSR count). The zero-order valence-corrected chi connectivity index (χ0v) is 39.4. The molecule has 0 aromatic carbocycles. The summed E-state index contributed by atoms with van der Waals surface area (Å²) >= 11 is 0. The molecule has 344 valence electrons. The van der Waals surface area contributed by atoms with E-state index in [-0.39, 0.29) is 12.5 Å². The Bertz CT molecular complexity index is 1270. The molecule has 0 spiro atoms. The van der Waals surface area contributed by atoms with Crippen molar-refractivity contribution in [3.63, 3.8) is 0 Å². The van der Waals surface area contributed by atoms with Crippen molar-refractivity contribution in [2.75, 3.05) is 6.61 Å². The van der Waals surface area contributed by atoms with Gasteiger partial charge in [-0.15, -0.1) is 0 Å². The lowest BCUT2D eigenvalue weighted by atomic mass is 10.1. The van der Waals surface area contributed by atoms with Crippen molar-refractivity contribution in [1.82, 2.24) is 5.32 Å². The minimum absolute atomic E-state index is 0.0992. The summed E-state index contributed by atoms with van der Waals surface area (Å²) in [5.41, 5.74) is 0. The molecule has 4 nitrogen and oxygen atoms in total. The molecule has 0 aliphatic carbocycles. The number of hydrogen-bond acceptors (Lipinski definition) is 3. The third-order valence-electron chi connectivity index (χ3n) is 10.3. The Labute approximate surface area is 377 Å². The summed E-state index contributed by atoms with van der Waals surface area (Å²) < 4.78 is 0. The number of aliphatic hydroxyl groups excluding tert-OH is 2. The standard InChI is InChI=1S/C57H93NO3/c1-3-5-7-9-11-13-15-17-19-21-23-24-25-26-27-28-29-30-31-32-33-34-35-37-39-41-43-45-47-49-51-53-57(61)58-55(54-59)56(60)52-50-48-46-44-42-40-38-36-22-20-18-16-14-12-10-8-6-4-2/h5,7,11,13,17,19,22-24,26-27,29-30,32-33,35-37,42,44,50,52,55-56,59-60H,3-4,6,8-10,12,14-16,18,20-21,25,28,31,34,38-41,43,45-49,51,53-54H2,1-2H3,(H,58,61)/b7-5-,13-11-,19-17-,24-23-,27-26-,30-29-,33-32-,36-22+,37-35-,44-42+,52-50+. The highest BCUT2D eigenvalue weighted by Gasteiger charge is 2.17. The predicted molar refractivity (Wildman–Crippen MR) is 271 cm³/mol. The largest absolute Gasteiger partial charge is 0.394 e. The van der Waals surface area contributed by atoms with E-state index in [2.05, 4.69) is 141 Å². The van der Waals surface area contributed by atoms with E-state index in [4.69, 9.17) is 0 Å². The molecule has 0 saturated carbocycles. The monoisotopic (exact) mass is 840 g/mol. The molecule has 0 fully saturated rings. The van der Waals surface area contributed by atoms with Crippen LogP contribution < -0.4 is 5.32 Å². The van der Waals surface area contributed by atoms with Crippen molar-refractivity contribution in [1.29, 1.82) is 0 Å². The molecule has 0 aromatic heterocycles. The van der Waals surface area contributed by atoms with Crippen molar-refractivity contribution >= 4 is 5.91 Å². The van der Waals surface area contributed by atoms with E-state index in [1.165, 1.54) is 77.0 Å². The molecule has 0 aliphatic rings. The van der Waals surface area contributed by atoms with Gasteiger partial charge in [0.05, 0.1) is 18.8 Å². The van der Waals surface area contributed by atoms with Crippen LogP contribution in [-0.4, -0.2) is 34.9 Å². The van der Waals surface area contributed by atoms with E-state index < -0.39 is 12.1 Å². The zero-order chi connectivity index (χ0) is 44.2. The lowest BCUT2D eigenvalue weighted by Gasteiger charge is -2.19. The molecule has 3 N–H and O–H groups in total. The second kappa shape index (κ2) is 50.9. The van der Waals surface area contributed by atoms with Crippen LogP contribution in [0.4, 0.5) is 0 Å². The van der Waals surface area contributed by atoms with E-state index in [1.54, 1.807) is 6.08 Å². The third-order valence-corrected chi connectivity index (χ3v) is 10.3. The summed E-state index contributed by atoms with van der Waals surface area (Å²) in [7, 11) is 0. The third kappa shape index (κ3) is 47.4. The van der Waals surface area contributed by atoms with Crippen LogP contribution in [0.15, 0.2) is 134 Å². The van der Waals surface area contributed by atoms with Gasteiger partial charge >= 0.3 is 0 Å². The van der Waals surface area contributed by atoms with Crippen molar-refractivity contribution in [3.8, 4) is 0 Å². The minimum atomic E-state index is -0.887. The highest BCUT2D eigenvalue weighted by molar-refractivity contribution is 5.76. The van der Waals surface area contributed by atoms with Gasteiger partial charge in [0.2, 0.25) is 5.91 Å². The molecule has 0 heterocycles. The Balaban J connectivity index is 3.73. The highest BCUT2D eigenvalue weighted by Crippen LogP contribution is 2.12. The van der Waals surface area contributed by atoms with Gasteiger partial charge in [0.1, 0.15) is 0 Å². The van der Waals surface area contributed by atoms with Crippen molar-refractivity contribution < 1.29 is 15.0 Å². The fraction of sp³-hybridized carbons (Fsp3) is 0.596. The Hall–Kier alpha value is -3.47. The summed E-state index contributed by atoms with van der Waals surface area (Å²) in [5.74, 6) is -0.0992. The van der Waals surface area contributed by atoms with E-state index in [9.17, 15) is 15.0 Å². The predicted octanol–water partition coefficient (Wildman–Crippen LogP) is 16.3. The Kier molecular flexibility index (Phi) is 48.0. The van der Waals surface area contributed by atoms with Gasteiger partial charge in [0.25, 0.3) is 0 Å². The molecule has 2 unspecified atom stereocenters. The van der Waals surface area contributed by atoms with Gasteiger partial charge in [0, 0.05) is 6.42 Å². The zero-order valence-electron chi connectivity index (χ0n) is 39.4. The van der Waals surface area contributed by atoms with Gasteiger partial charge in [-0.05, 0) is 109 Å². The Morgan fingerprint density at radius 3 is 1.15 bits per heavy atom. The summed E-state index contributed by atoms with van der Waals surface area (Å²) in [6.45, 7) is 4.15. The van der Waals surface area contributed by atoms with Gasteiger partial charge < -0.3 is 15.5 Å². The molecular formula is C57H93NO3. The van der Waals surface area contributed by atoms with E-state index in [0.29, 0.717) is 6.42 Å². The van der Waals surface area contributed by atoms with Crippen LogP contribution in [0.3, 0.4) is 0 Å². The summed E-state index contributed by atoms with van der Waals surface area (Å²) in [6.07, 6.45) is 80.0. The number of nitrogens with one attached hydrogen (secondary N) is 1. The van der Waals surface area contributed by atoms with E-state index in [1.807, 2.05) is 6.08 Å². The number of rotatable bonds is 43. The average Bonchev–Trinajstić information content (AvgIpc) is 3.26. The molecule has 1 amide bonds. The van der Waals surface area contributed by atoms with Crippen LogP contribution in [0.1, 0.15) is 200 Å². The second-order valence-electron chi connectivity index (χ2n) is 16.1. The quantitative estimate of drug-likeness (QED) is 0.0423. The molecule has 0 radical (unpaired) electrons. The molecule has 0 aromatic rings. The van der Waals surface area contributed by atoms with Crippen LogP contribution in [0.25, 0.3) is 0 Å². The molecule has 0 saturated heterocycles. The average molecular weight is 840 g/mol. The first-order chi connectivity index (χ1) is 30.2. The van der Waals surface area contributed by atoms with Crippen molar-refractivity contribution in [2.45, 2.75) is 212 Å². The van der Waals surface area contributed by atoms with Crippen molar-refractivity contribution in [3.05, 3.63) is 134 Å². The maximum absolute atomic E-state index is 12.4. The molecular weight excluding hydrogens is 747 g/mol. The van der Waals surface area contributed by atoms with Crippen LogP contribution >= 0.6 is 0 Å². The summed E-state index contributed by atoms with van der Waals surface area (Å²) in [5, 5.41) is 23.0. The smallest absolute Gasteiger partial charge is 0.220 e. The number of allylic oxidation sites excluding steroid dienone is 21. The first-order valence-electron chi connectivity index (χ1n) is 24.9. The number of unbranched alkanes of at least 4 members (excludes halogenated alkanes) is 16. The van der Waals surface area contributed by atoms with Gasteiger partial charge in [0.15, 0.2) is 0 Å². The van der Waals surface area contributed by atoms with Crippen LogP contribution in [0.2, 0.25) is 0 Å². The maximum atomic E-state index is 12.4. The fourth-order valence-electron chi connectivity index (χ4n) is 6.58. The molecule has 2 atom stereocenters. The number of amides is 1. The lowest BCUT2D eigenvalue weighted by molar-refractivity contribution is -0.123. The molecule has 4 heteroatoms. The van der Waals surface area contributed by atoms with Gasteiger partial charge in [-0.1, -0.05) is 218 Å². The Morgan fingerprint density at radius 1 is 0.410 bits per heavy atom. The number of carbonyl (C=O) groups excluding carboxylic acids is 1.